The highest BCUT2D eigenvalue weighted by atomic mass is 16.5. The second kappa shape index (κ2) is 6.16. The summed E-state index contributed by atoms with van der Waals surface area (Å²) in [5.74, 6) is 0.722. The van der Waals surface area contributed by atoms with Crippen LogP contribution in [0.15, 0.2) is 60.9 Å². The Bertz CT molecular complexity index is 846. The zero-order valence-electron chi connectivity index (χ0n) is 13.0. The summed E-state index contributed by atoms with van der Waals surface area (Å²) in [6, 6.07) is 15.1. The van der Waals surface area contributed by atoms with Crippen LogP contribution in [0.4, 0.5) is 5.69 Å². The molecule has 24 heavy (non-hydrogen) atoms. The van der Waals surface area contributed by atoms with Crippen LogP contribution in [0, 0.1) is 0 Å². The molecular formula is C18H16N4O2. The zero-order valence-corrected chi connectivity index (χ0v) is 13.0. The molecule has 3 aromatic rings. The van der Waals surface area contributed by atoms with Gasteiger partial charge in [0, 0.05) is 12.7 Å². The summed E-state index contributed by atoms with van der Waals surface area (Å²) in [5, 5.41) is 4.47. The number of nitrogens with zero attached hydrogens (tertiary/aromatic N) is 4. The van der Waals surface area contributed by atoms with Crippen LogP contribution in [0.5, 0.6) is 5.75 Å². The van der Waals surface area contributed by atoms with Gasteiger partial charge in [0.05, 0.1) is 18.4 Å². The Balaban J connectivity index is 1.52. The monoisotopic (exact) mass is 320 g/mol. The van der Waals surface area contributed by atoms with Crippen molar-refractivity contribution in [2.75, 3.05) is 11.4 Å². The van der Waals surface area contributed by atoms with Gasteiger partial charge in [-0.15, -0.1) is 0 Å². The molecule has 4 rings (SSSR count). The minimum Gasteiger partial charge on any atom is -0.487 e. The first-order valence-corrected chi connectivity index (χ1v) is 7.78. The third kappa shape index (κ3) is 2.74. The van der Waals surface area contributed by atoms with Crippen molar-refractivity contribution in [2.45, 2.75) is 13.2 Å². The molecule has 0 saturated heterocycles. The Morgan fingerprint density at radius 1 is 1.08 bits per heavy atom. The van der Waals surface area contributed by atoms with Crippen molar-refractivity contribution in [1.82, 2.24) is 14.8 Å². The van der Waals surface area contributed by atoms with E-state index in [0.29, 0.717) is 25.4 Å². The fourth-order valence-electron chi connectivity index (χ4n) is 2.75. The van der Waals surface area contributed by atoms with Crippen molar-refractivity contribution in [3.63, 3.8) is 0 Å². The van der Waals surface area contributed by atoms with E-state index >= 15 is 0 Å². The Labute approximate surface area is 139 Å². The number of hydrogen-bond acceptors (Lipinski definition) is 4. The number of benzene rings is 1. The lowest BCUT2D eigenvalue weighted by atomic mass is 10.2. The highest BCUT2D eigenvalue weighted by molar-refractivity contribution is 6.05. The molecule has 0 fully saturated rings. The Kier molecular flexibility index (Phi) is 3.70. The third-order valence-corrected chi connectivity index (χ3v) is 3.92. The predicted octanol–water partition coefficient (Wildman–Crippen LogP) is 2.52. The van der Waals surface area contributed by atoms with Crippen LogP contribution in [-0.2, 0) is 13.2 Å². The van der Waals surface area contributed by atoms with Gasteiger partial charge in [0.2, 0.25) is 0 Å². The van der Waals surface area contributed by atoms with E-state index in [1.54, 1.807) is 28.0 Å². The number of carbonyl (C=O) groups is 1. The lowest BCUT2D eigenvalue weighted by Crippen LogP contribution is -2.40. The maximum atomic E-state index is 12.7. The van der Waals surface area contributed by atoms with Gasteiger partial charge < -0.3 is 9.64 Å². The lowest BCUT2D eigenvalue weighted by molar-refractivity contribution is 0.0962. The van der Waals surface area contributed by atoms with Gasteiger partial charge in [-0.1, -0.05) is 18.2 Å². The molecule has 2 aromatic heterocycles. The number of ether oxygens (including phenoxy) is 1. The molecule has 1 aliphatic rings. The van der Waals surface area contributed by atoms with E-state index in [1.807, 2.05) is 42.5 Å². The van der Waals surface area contributed by atoms with E-state index in [0.717, 1.165) is 17.1 Å². The van der Waals surface area contributed by atoms with Crippen LogP contribution >= 0.6 is 0 Å². The van der Waals surface area contributed by atoms with Crippen molar-refractivity contribution in [3.05, 3.63) is 72.3 Å². The number of fused-ring (bicyclic) bond motifs is 1. The van der Waals surface area contributed by atoms with Gasteiger partial charge in [-0.3, -0.25) is 14.5 Å². The van der Waals surface area contributed by atoms with Gasteiger partial charge >= 0.3 is 0 Å². The fraction of sp³-hybridized carbons (Fsp3) is 0.167. The molecule has 1 amide bonds. The second-order valence-electron chi connectivity index (χ2n) is 5.51. The minimum absolute atomic E-state index is 0.0623. The van der Waals surface area contributed by atoms with Gasteiger partial charge in [0.15, 0.2) is 0 Å². The molecular weight excluding hydrogens is 304 g/mol. The number of anilines is 1. The number of rotatable bonds is 4. The average Bonchev–Trinajstić information content (AvgIpc) is 3.06. The average molecular weight is 320 g/mol. The van der Waals surface area contributed by atoms with E-state index in [2.05, 4.69) is 10.1 Å². The summed E-state index contributed by atoms with van der Waals surface area (Å²) in [6.45, 7) is 1.57. The van der Waals surface area contributed by atoms with Gasteiger partial charge in [0.1, 0.15) is 23.7 Å². The van der Waals surface area contributed by atoms with Crippen LogP contribution in [-0.4, -0.2) is 27.2 Å². The maximum Gasteiger partial charge on any atom is 0.276 e. The van der Waals surface area contributed by atoms with Crippen molar-refractivity contribution in [1.29, 1.82) is 0 Å². The van der Waals surface area contributed by atoms with E-state index in [-0.39, 0.29) is 5.91 Å². The van der Waals surface area contributed by atoms with E-state index in [4.69, 9.17) is 4.74 Å². The first-order chi connectivity index (χ1) is 11.8. The number of hydrogen-bond donors (Lipinski definition) is 0. The first kappa shape index (κ1) is 14.4. The van der Waals surface area contributed by atoms with E-state index in [1.165, 1.54) is 0 Å². The molecule has 6 heteroatoms. The number of pyridine rings is 1. The summed E-state index contributed by atoms with van der Waals surface area (Å²) in [4.78, 5) is 18.5. The van der Waals surface area contributed by atoms with Crippen molar-refractivity contribution in [2.24, 2.45) is 0 Å². The predicted molar refractivity (Wildman–Crippen MR) is 88.9 cm³/mol. The number of carbonyl (C=O) groups excluding carboxylic acids is 1. The molecule has 120 valence electrons. The molecule has 1 aliphatic heterocycles. The first-order valence-electron chi connectivity index (χ1n) is 7.78. The highest BCUT2D eigenvalue weighted by Gasteiger charge is 2.27. The summed E-state index contributed by atoms with van der Waals surface area (Å²) in [5.41, 5.74) is 2.13. The Hall–Kier alpha value is -3.15. The minimum atomic E-state index is -0.0623. The maximum absolute atomic E-state index is 12.7. The standard InChI is InChI=1S/C18H16N4O2/c23-18-17-11-14(13-24-16-6-2-1-3-7-16)20-22(17)10-9-21(18)15-5-4-8-19-12-15/h1-8,11-12H,9-10,13H2. The zero-order chi connectivity index (χ0) is 16.4. The molecule has 0 N–H and O–H groups in total. The van der Waals surface area contributed by atoms with Gasteiger partial charge in [-0.25, -0.2) is 0 Å². The van der Waals surface area contributed by atoms with Crippen LogP contribution < -0.4 is 9.64 Å². The highest BCUT2D eigenvalue weighted by Crippen LogP contribution is 2.21. The molecule has 0 bridgehead atoms. The SMILES string of the molecule is O=C1c2cc(COc3ccccc3)nn2CCN1c1cccnc1. The van der Waals surface area contributed by atoms with Crippen molar-refractivity contribution < 1.29 is 9.53 Å². The number of para-hydroxylation sites is 1. The topological polar surface area (TPSA) is 60.2 Å². The molecule has 0 aliphatic carbocycles. The van der Waals surface area contributed by atoms with Crippen LogP contribution in [0.25, 0.3) is 0 Å². The summed E-state index contributed by atoms with van der Waals surface area (Å²) >= 11 is 0. The van der Waals surface area contributed by atoms with Gasteiger partial charge in [-0.05, 0) is 30.3 Å². The summed E-state index contributed by atoms with van der Waals surface area (Å²) in [6.07, 6.45) is 3.39. The lowest BCUT2D eigenvalue weighted by Gasteiger charge is -2.27. The molecule has 0 unspecified atom stereocenters. The van der Waals surface area contributed by atoms with E-state index < -0.39 is 0 Å². The van der Waals surface area contributed by atoms with Gasteiger partial charge in [-0.2, -0.15) is 5.10 Å². The fourth-order valence-corrected chi connectivity index (χ4v) is 2.75. The van der Waals surface area contributed by atoms with Crippen LogP contribution in [0.1, 0.15) is 16.2 Å². The van der Waals surface area contributed by atoms with Gasteiger partial charge in [0.25, 0.3) is 5.91 Å². The summed E-state index contributed by atoms with van der Waals surface area (Å²) in [7, 11) is 0. The largest absolute Gasteiger partial charge is 0.487 e. The Morgan fingerprint density at radius 3 is 2.75 bits per heavy atom. The molecule has 3 heterocycles. The summed E-state index contributed by atoms with van der Waals surface area (Å²) < 4.78 is 7.45. The van der Waals surface area contributed by atoms with Crippen molar-refractivity contribution >= 4 is 11.6 Å². The molecule has 0 radical (unpaired) electrons. The molecule has 0 atom stereocenters. The van der Waals surface area contributed by atoms with Crippen molar-refractivity contribution in [3.8, 4) is 5.75 Å². The smallest absolute Gasteiger partial charge is 0.276 e. The number of aromatic nitrogens is 3. The molecule has 0 saturated carbocycles. The third-order valence-electron chi connectivity index (χ3n) is 3.92. The quantitative estimate of drug-likeness (QED) is 0.741. The normalized spacial score (nSPS) is 13.7. The van der Waals surface area contributed by atoms with Crippen LogP contribution in [0.2, 0.25) is 0 Å². The number of amides is 1. The molecule has 1 aromatic carbocycles. The Morgan fingerprint density at radius 2 is 1.96 bits per heavy atom. The second-order valence-corrected chi connectivity index (χ2v) is 5.51. The molecule has 6 nitrogen and oxygen atoms in total. The van der Waals surface area contributed by atoms with E-state index in [9.17, 15) is 4.79 Å². The van der Waals surface area contributed by atoms with Crippen LogP contribution in [0.3, 0.4) is 0 Å². The molecule has 0 spiro atoms.